The van der Waals surface area contributed by atoms with Gasteiger partial charge in [-0.3, -0.25) is 14.4 Å². The molecular formula is C21H29N11O3. The summed E-state index contributed by atoms with van der Waals surface area (Å²) in [5.74, 6) is -0.427. The van der Waals surface area contributed by atoms with Crippen LogP contribution in [0.25, 0.3) is 0 Å². The maximum atomic E-state index is 13.2. The van der Waals surface area contributed by atoms with Crippen LogP contribution in [0.4, 0.5) is 5.69 Å². The lowest BCUT2D eigenvalue weighted by molar-refractivity contribution is -0.121. The number of aromatic amines is 1. The topological polar surface area (TPSA) is 182 Å². The van der Waals surface area contributed by atoms with Crippen molar-refractivity contribution in [1.29, 1.82) is 0 Å². The zero-order chi connectivity index (χ0) is 24.9. The van der Waals surface area contributed by atoms with E-state index in [9.17, 15) is 14.4 Å². The highest BCUT2D eigenvalue weighted by Gasteiger charge is 2.17. The minimum atomic E-state index is -0.286. The highest BCUT2D eigenvalue weighted by molar-refractivity contribution is 6.02. The van der Waals surface area contributed by atoms with E-state index in [1.165, 1.54) is 0 Å². The van der Waals surface area contributed by atoms with Crippen LogP contribution < -0.4 is 16.0 Å². The lowest BCUT2D eigenvalue weighted by atomic mass is 10.1. The molecule has 4 N–H and O–H groups in total. The molecule has 0 spiro atoms. The Morgan fingerprint density at radius 2 is 1.71 bits per heavy atom. The van der Waals surface area contributed by atoms with Gasteiger partial charge in [-0.2, -0.15) is 10.3 Å². The van der Waals surface area contributed by atoms with Crippen LogP contribution in [0.15, 0.2) is 39.7 Å². The summed E-state index contributed by atoms with van der Waals surface area (Å²) in [5.41, 5.74) is 2.04. The average Bonchev–Trinajstić information content (AvgIpc) is 3.56. The summed E-state index contributed by atoms with van der Waals surface area (Å²) in [5, 5.41) is 33.0. The normalized spacial score (nSPS) is 12.2. The summed E-state index contributed by atoms with van der Waals surface area (Å²) in [6.07, 6.45) is 1.09. The maximum absolute atomic E-state index is 13.2. The van der Waals surface area contributed by atoms with Crippen molar-refractivity contribution in [1.82, 2.24) is 36.2 Å². The van der Waals surface area contributed by atoms with Crippen LogP contribution in [0, 0.1) is 0 Å². The largest absolute Gasteiger partial charge is 0.385 e. The van der Waals surface area contributed by atoms with Gasteiger partial charge in [-0.1, -0.05) is 12.1 Å². The van der Waals surface area contributed by atoms with Crippen molar-refractivity contribution in [3.05, 3.63) is 35.7 Å². The zero-order valence-electron chi connectivity index (χ0n) is 19.5. The number of tetrazole rings is 1. The first kappa shape index (κ1) is 25.4. The van der Waals surface area contributed by atoms with Gasteiger partial charge in [0.1, 0.15) is 6.54 Å². The minimum absolute atomic E-state index is 0.0187. The molecule has 0 fully saturated rings. The van der Waals surface area contributed by atoms with E-state index in [1.807, 2.05) is 12.1 Å². The summed E-state index contributed by atoms with van der Waals surface area (Å²) < 4.78 is 0. The van der Waals surface area contributed by atoms with Gasteiger partial charge >= 0.3 is 0 Å². The molecule has 0 bridgehead atoms. The highest BCUT2D eigenvalue weighted by Crippen LogP contribution is 2.12. The van der Waals surface area contributed by atoms with E-state index < -0.39 is 0 Å². The van der Waals surface area contributed by atoms with E-state index in [0.717, 1.165) is 18.7 Å². The third-order valence-corrected chi connectivity index (χ3v) is 4.98. The minimum Gasteiger partial charge on any atom is -0.385 e. The van der Waals surface area contributed by atoms with Crippen molar-refractivity contribution in [2.45, 2.75) is 26.2 Å². The van der Waals surface area contributed by atoms with Crippen LogP contribution >= 0.6 is 0 Å². The molecule has 1 aromatic heterocycles. The van der Waals surface area contributed by atoms with Gasteiger partial charge in [0.15, 0.2) is 5.82 Å². The van der Waals surface area contributed by atoms with Crippen molar-refractivity contribution < 1.29 is 14.4 Å². The highest BCUT2D eigenvalue weighted by atomic mass is 16.2. The number of rotatable bonds is 14. The number of hydrogen-bond donors (Lipinski definition) is 4. The number of anilines is 1. The van der Waals surface area contributed by atoms with E-state index in [4.69, 9.17) is 0 Å². The monoisotopic (exact) mass is 483 g/mol. The summed E-state index contributed by atoms with van der Waals surface area (Å²) in [6, 6.07) is 7.22. The lowest BCUT2D eigenvalue weighted by Crippen LogP contribution is -2.43. The van der Waals surface area contributed by atoms with E-state index in [0.29, 0.717) is 17.8 Å². The fraction of sp³-hybridized carbons (Fsp3) is 0.476. The second-order valence-corrected chi connectivity index (χ2v) is 7.73. The molecule has 3 amide bonds. The number of H-pyrrole nitrogens is 1. The van der Waals surface area contributed by atoms with Crippen LogP contribution in [0.2, 0.25) is 0 Å². The first-order valence-electron chi connectivity index (χ1n) is 11.4. The van der Waals surface area contributed by atoms with Gasteiger partial charge in [-0.15, -0.1) is 15.3 Å². The maximum Gasteiger partial charge on any atom is 0.253 e. The van der Waals surface area contributed by atoms with Crippen LogP contribution in [0.1, 0.15) is 35.9 Å². The van der Waals surface area contributed by atoms with Gasteiger partial charge in [0.05, 0.1) is 18.6 Å². The van der Waals surface area contributed by atoms with Gasteiger partial charge in [0.2, 0.25) is 11.8 Å². The van der Waals surface area contributed by atoms with Crippen LogP contribution in [0.3, 0.4) is 0 Å². The Morgan fingerprint density at radius 1 is 1.00 bits per heavy atom. The molecule has 14 nitrogen and oxygen atoms in total. The van der Waals surface area contributed by atoms with Gasteiger partial charge in [0.25, 0.3) is 5.91 Å². The number of benzene rings is 1. The van der Waals surface area contributed by atoms with Gasteiger partial charge < -0.3 is 20.9 Å². The molecule has 1 aliphatic heterocycles. The predicted octanol–water partition coefficient (Wildman–Crippen LogP) is 0.151. The molecule has 1 aromatic carbocycles. The number of amides is 3. The number of nitrogens with one attached hydrogen (secondary N) is 4. The molecule has 2 aromatic rings. The molecule has 2 heterocycles. The number of hydrogen-bond acceptors (Lipinski definition) is 10. The van der Waals surface area contributed by atoms with Crippen LogP contribution in [-0.2, 0) is 16.0 Å². The zero-order valence-corrected chi connectivity index (χ0v) is 19.5. The van der Waals surface area contributed by atoms with Crippen molar-refractivity contribution in [3.8, 4) is 0 Å². The van der Waals surface area contributed by atoms with E-state index >= 15 is 0 Å². The molecule has 0 radical (unpaired) electrons. The molecule has 0 saturated heterocycles. The molecule has 3 rings (SSSR count). The fourth-order valence-electron chi connectivity index (χ4n) is 3.20. The molecular weight excluding hydrogens is 454 g/mol. The first-order valence-corrected chi connectivity index (χ1v) is 11.4. The third kappa shape index (κ3) is 8.57. The van der Waals surface area contributed by atoms with Gasteiger partial charge in [0, 0.05) is 44.0 Å². The van der Waals surface area contributed by atoms with E-state index in [2.05, 4.69) is 58.9 Å². The Morgan fingerprint density at radius 3 is 2.31 bits per heavy atom. The number of aromatic nitrogens is 4. The van der Waals surface area contributed by atoms with Crippen molar-refractivity contribution >= 4 is 29.1 Å². The molecule has 1 aliphatic rings. The van der Waals surface area contributed by atoms with Gasteiger partial charge in [-0.25, -0.2) is 0 Å². The number of carbonyl (C=O) groups excluding carboxylic acids is 3. The lowest BCUT2D eigenvalue weighted by Gasteiger charge is -2.23. The second-order valence-electron chi connectivity index (χ2n) is 7.73. The molecule has 0 atom stereocenters. The predicted molar refractivity (Wildman–Crippen MR) is 127 cm³/mol. The average molecular weight is 484 g/mol. The quantitative estimate of drug-likeness (QED) is 0.295. The summed E-state index contributed by atoms with van der Waals surface area (Å²) in [4.78, 5) is 39.0. The van der Waals surface area contributed by atoms with Gasteiger partial charge in [-0.05, 0) is 35.9 Å². The Hall–Kier alpha value is -4.23. The summed E-state index contributed by atoms with van der Waals surface area (Å²) in [7, 11) is 0. The molecule has 35 heavy (non-hydrogen) atoms. The van der Waals surface area contributed by atoms with E-state index in [-0.39, 0.29) is 62.6 Å². The molecule has 14 heteroatoms. The SMILES string of the molecule is CCCNc1ccc(C(=O)N(CCNC(=O)CC2=NN=NC2)CCNC(=O)Cc2nn[nH]n2)cc1. The molecule has 0 saturated carbocycles. The molecule has 0 aliphatic carbocycles. The van der Waals surface area contributed by atoms with Crippen molar-refractivity contribution in [3.63, 3.8) is 0 Å². The first-order chi connectivity index (χ1) is 17.0. The number of nitrogens with zero attached hydrogens (tertiary/aromatic N) is 7. The van der Waals surface area contributed by atoms with Crippen molar-refractivity contribution in [2.24, 2.45) is 15.4 Å². The molecule has 186 valence electrons. The third-order valence-electron chi connectivity index (χ3n) is 4.98. The second kappa shape index (κ2) is 13.5. The van der Waals surface area contributed by atoms with E-state index in [1.54, 1.807) is 17.0 Å². The standard InChI is InChI=1S/C21H29N11O3/c1-2-7-22-16-5-3-15(4-6-16)21(35)32(10-8-23-19(33)12-17-14-25-29-26-17)11-9-24-20(34)13-18-27-30-31-28-18/h3-6,22H,2,7-14H2,1H3,(H,23,33)(H,24,34)(H,27,28,30,31). The smallest absolute Gasteiger partial charge is 0.253 e. The fourth-order valence-corrected chi connectivity index (χ4v) is 3.20. The Labute approximate surface area is 202 Å². The number of carbonyl (C=O) groups is 3. The molecule has 0 unspecified atom stereocenters. The summed E-state index contributed by atoms with van der Waals surface area (Å²) in [6.45, 7) is 4.25. The Kier molecular flexibility index (Phi) is 9.77. The Bertz CT molecular complexity index is 1040. The van der Waals surface area contributed by atoms with Crippen LogP contribution in [-0.4, -0.2) is 88.2 Å². The Balaban J connectivity index is 1.53. The van der Waals surface area contributed by atoms with Crippen LogP contribution in [0.5, 0.6) is 0 Å². The summed E-state index contributed by atoms with van der Waals surface area (Å²) >= 11 is 0. The van der Waals surface area contributed by atoms with Crippen molar-refractivity contribution in [2.75, 3.05) is 44.6 Å².